The van der Waals surface area contributed by atoms with Gasteiger partial charge in [0.1, 0.15) is 0 Å². The number of hydrogen-bond donors (Lipinski definition) is 2. The molecule has 0 unspecified atom stereocenters. The molecule has 0 aliphatic carbocycles. The van der Waals surface area contributed by atoms with E-state index in [1.54, 1.807) is 6.07 Å². The Hall–Kier alpha value is -1.47. The maximum atomic E-state index is 12.9. The fraction of sp³-hybridized carbons (Fsp3) is 0.444. The highest BCUT2D eigenvalue weighted by Crippen LogP contribution is 2.26. The van der Waals surface area contributed by atoms with Crippen LogP contribution in [0.15, 0.2) is 41.3 Å². The predicted octanol–water partition coefficient (Wildman–Crippen LogP) is 2.57. The summed E-state index contributed by atoms with van der Waals surface area (Å²) in [5, 5.41) is 1.68. The maximum absolute atomic E-state index is 12.9. The van der Waals surface area contributed by atoms with Crippen molar-refractivity contribution in [2.75, 3.05) is 19.8 Å². The van der Waals surface area contributed by atoms with Gasteiger partial charge in [-0.15, -0.1) is 0 Å². The topological polar surface area (TPSA) is 81.4 Å². The summed E-state index contributed by atoms with van der Waals surface area (Å²) in [5.74, 6) is 0. The number of rotatable bonds is 9. The smallest absolute Gasteiger partial charge is 0.241 e. The summed E-state index contributed by atoms with van der Waals surface area (Å²) in [6.45, 7) is 5.29. The summed E-state index contributed by atoms with van der Waals surface area (Å²) in [6, 6.07) is 10.8. The molecular weight excluding hydrogens is 324 g/mol. The van der Waals surface area contributed by atoms with Crippen LogP contribution in [0, 0.1) is 6.92 Å². The molecule has 0 bridgehead atoms. The van der Waals surface area contributed by atoms with Gasteiger partial charge in [0, 0.05) is 18.0 Å². The van der Waals surface area contributed by atoms with Crippen LogP contribution < -0.4 is 10.5 Å². The lowest BCUT2D eigenvalue weighted by Crippen LogP contribution is -2.38. The number of hydrogen-bond acceptors (Lipinski definition) is 4. The molecule has 0 aromatic heterocycles. The van der Waals surface area contributed by atoms with E-state index < -0.39 is 10.0 Å². The molecule has 1 atom stereocenters. The highest BCUT2D eigenvalue weighted by atomic mass is 32.2. The van der Waals surface area contributed by atoms with Crippen molar-refractivity contribution in [2.24, 2.45) is 5.73 Å². The molecule has 0 heterocycles. The van der Waals surface area contributed by atoms with Gasteiger partial charge in [0.05, 0.1) is 11.5 Å². The molecule has 0 saturated carbocycles. The van der Waals surface area contributed by atoms with E-state index in [1.807, 2.05) is 44.2 Å². The molecule has 0 aliphatic heterocycles. The minimum absolute atomic E-state index is 0.279. The molecule has 132 valence electrons. The second-order valence-electron chi connectivity index (χ2n) is 5.83. The average molecular weight is 350 g/mol. The third kappa shape index (κ3) is 4.54. The van der Waals surface area contributed by atoms with Crippen molar-refractivity contribution in [1.29, 1.82) is 0 Å². The number of fused-ring (bicyclic) bond motifs is 1. The largest absolute Gasteiger partial charge is 0.380 e. The van der Waals surface area contributed by atoms with E-state index in [0.717, 1.165) is 22.8 Å². The molecule has 0 fully saturated rings. The number of benzene rings is 2. The quantitative estimate of drug-likeness (QED) is 0.728. The fourth-order valence-corrected chi connectivity index (χ4v) is 4.21. The Morgan fingerprint density at radius 2 is 1.88 bits per heavy atom. The average Bonchev–Trinajstić information content (AvgIpc) is 2.57. The highest BCUT2D eigenvalue weighted by molar-refractivity contribution is 7.89. The van der Waals surface area contributed by atoms with Crippen molar-refractivity contribution >= 4 is 20.8 Å². The lowest BCUT2D eigenvalue weighted by atomic mass is 10.1. The number of nitrogens with two attached hydrogens (primary N) is 1. The van der Waals surface area contributed by atoms with Gasteiger partial charge in [-0.25, -0.2) is 13.1 Å². The van der Waals surface area contributed by atoms with Gasteiger partial charge in [-0.3, -0.25) is 0 Å². The van der Waals surface area contributed by atoms with Crippen LogP contribution in [0.1, 0.15) is 25.3 Å². The summed E-state index contributed by atoms with van der Waals surface area (Å²) in [6.07, 6.45) is 1.40. The molecule has 3 N–H and O–H groups in total. The molecule has 2 aromatic rings. The Bertz CT molecular complexity index is 767. The first-order valence-corrected chi connectivity index (χ1v) is 9.76. The fourth-order valence-electron chi connectivity index (χ4n) is 2.74. The van der Waals surface area contributed by atoms with Crippen LogP contribution in [0.25, 0.3) is 10.8 Å². The highest BCUT2D eigenvalue weighted by Gasteiger charge is 2.22. The third-order valence-corrected chi connectivity index (χ3v) is 5.57. The van der Waals surface area contributed by atoms with Crippen molar-refractivity contribution in [3.05, 3.63) is 42.0 Å². The van der Waals surface area contributed by atoms with Gasteiger partial charge in [-0.05, 0) is 50.2 Å². The number of aryl methyl sites for hydroxylation is 1. The molecule has 0 saturated heterocycles. The van der Waals surface area contributed by atoms with E-state index >= 15 is 0 Å². The Labute approximate surface area is 144 Å². The van der Waals surface area contributed by atoms with E-state index in [2.05, 4.69) is 4.72 Å². The van der Waals surface area contributed by atoms with Crippen LogP contribution in [0.3, 0.4) is 0 Å². The molecule has 24 heavy (non-hydrogen) atoms. The van der Waals surface area contributed by atoms with Crippen molar-refractivity contribution < 1.29 is 13.2 Å². The first-order valence-electron chi connectivity index (χ1n) is 8.28. The predicted molar refractivity (Wildman–Crippen MR) is 97.6 cm³/mol. The van der Waals surface area contributed by atoms with Crippen molar-refractivity contribution in [3.63, 3.8) is 0 Å². The summed E-state index contributed by atoms with van der Waals surface area (Å²) >= 11 is 0. The number of ether oxygens (including phenoxy) is 1. The van der Waals surface area contributed by atoms with Crippen LogP contribution in [-0.2, 0) is 14.8 Å². The molecule has 6 heteroatoms. The molecule has 0 radical (unpaired) electrons. The van der Waals surface area contributed by atoms with Gasteiger partial charge in [-0.1, -0.05) is 30.3 Å². The van der Waals surface area contributed by atoms with Crippen LogP contribution >= 0.6 is 0 Å². The Kier molecular flexibility index (Phi) is 6.74. The van der Waals surface area contributed by atoms with Crippen LogP contribution in [0.5, 0.6) is 0 Å². The normalized spacial score (nSPS) is 13.3. The SMILES string of the molecule is CCOC[C@H](CCCN)NS(=O)(=O)c1ccc(C)c2ccccc12. The molecule has 2 rings (SSSR count). The Balaban J connectivity index is 2.33. The summed E-state index contributed by atoms with van der Waals surface area (Å²) in [5.41, 5.74) is 6.61. The zero-order valence-corrected chi connectivity index (χ0v) is 15.1. The van der Waals surface area contributed by atoms with E-state index in [9.17, 15) is 8.42 Å². The number of nitrogens with one attached hydrogen (secondary N) is 1. The second-order valence-corrected chi connectivity index (χ2v) is 7.52. The molecule has 5 nitrogen and oxygen atoms in total. The molecule has 2 aromatic carbocycles. The van der Waals surface area contributed by atoms with E-state index in [0.29, 0.717) is 31.1 Å². The van der Waals surface area contributed by atoms with Crippen LogP contribution in [0.4, 0.5) is 0 Å². The molecule has 0 aliphatic rings. The van der Waals surface area contributed by atoms with Crippen molar-refractivity contribution in [1.82, 2.24) is 4.72 Å². The van der Waals surface area contributed by atoms with E-state index in [-0.39, 0.29) is 6.04 Å². The maximum Gasteiger partial charge on any atom is 0.241 e. The van der Waals surface area contributed by atoms with Gasteiger partial charge in [0.15, 0.2) is 0 Å². The third-order valence-electron chi connectivity index (χ3n) is 3.99. The summed E-state index contributed by atoms with van der Waals surface area (Å²) in [7, 11) is -3.63. The lowest BCUT2D eigenvalue weighted by molar-refractivity contribution is 0.126. The Morgan fingerprint density at radius 1 is 1.17 bits per heavy atom. The Morgan fingerprint density at radius 3 is 2.54 bits per heavy atom. The monoisotopic (exact) mass is 350 g/mol. The van der Waals surface area contributed by atoms with Gasteiger partial charge >= 0.3 is 0 Å². The minimum atomic E-state index is -3.63. The second kappa shape index (κ2) is 8.58. The zero-order chi connectivity index (χ0) is 17.6. The standard InChI is InChI=1S/C18H26N2O3S/c1-3-23-13-15(7-6-12-19)20-24(21,22)18-11-10-14(2)16-8-4-5-9-17(16)18/h4-5,8-11,15,20H,3,6-7,12-13,19H2,1-2H3/t15-/m0/s1. The van der Waals surface area contributed by atoms with Gasteiger partial charge in [0.2, 0.25) is 10.0 Å². The molecular formula is C18H26N2O3S. The zero-order valence-electron chi connectivity index (χ0n) is 14.3. The summed E-state index contributed by atoms with van der Waals surface area (Å²) < 4.78 is 34.0. The van der Waals surface area contributed by atoms with Gasteiger partial charge in [-0.2, -0.15) is 0 Å². The summed E-state index contributed by atoms with van der Waals surface area (Å²) in [4.78, 5) is 0.304. The first-order chi connectivity index (χ1) is 11.5. The lowest BCUT2D eigenvalue weighted by Gasteiger charge is -2.19. The van der Waals surface area contributed by atoms with E-state index in [4.69, 9.17) is 10.5 Å². The first kappa shape index (κ1) is 18.9. The molecule has 0 amide bonds. The van der Waals surface area contributed by atoms with E-state index in [1.165, 1.54) is 0 Å². The van der Waals surface area contributed by atoms with Crippen LogP contribution in [0.2, 0.25) is 0 Å². The minimum Gasteiger partial charge on any atom is -0.380 e. The van der Waals surface area contributed by atoms with Gasteiger partial charge in [0.25, 0.3) is 0 Å². The van der Waals surface area contributed by atoms with Crippen molar-refractivity contribution in [3.8, 4) is 0 Å². The van der Waals surface area contributed by atoms with Crippen molar-refractivity contribution in [2.45, 2.75) is 37.6 Å². The number of sulfonamides is 1. The van der Waals surface area contributed by atoms with Crippen LogP contribution in [-0.4, -0.2) is 34.2 Å². The molecule has 0 spiro atoms. The van der Waals surface area contributed by atoms with Gasteiger partial charge < -0.3 is 10.5 Å².